The van der Waals surface area contributed by atoms with E-state index in [1.807, 2.05) is 69.3 Å². The Kier molecular flexibility index (Phi) is 8.70. The first-order valence-electron chi connectivity index (χ1n) is 9.77. The molecule has 0 bridgehead atoms. The van der Waals surface area contributed by atoms with Gasteiger partial charge in [0.1, 0.15) is 11.8 Å². The van der Waals surface area contributed by atoms with Crippen molar-refractivity contribution < 1.29 is 14.3 Å². The van der Waals surface area contributed by atoms with Crippen molar-refractivity contribution in [2.45, 2.75) is 40.3 Å². The Bertz CT molecular complexity index is 821. The third kappa shape index (κ3) is 7.54. The molecule has 2 amide bonds. The molecule has 0 aliphatic heterocycles. The number of hydrogen-bond acceptors (Lipinski definition) is 3. The van der Waals surface area contributed by atoms with E-state index in [0.29, 0.717) is 24.8 Å². The largest absolute Gasteiger partial charge is 0.484 e. The molecule has 29 heavy (non-hydrogen) atoms. The summed E-state index contributed by atoms with van der Waals surface area (Å²) in [5.41, 5.74) is 2.06. The maximum absolute atomic E-state index is 13.0. The summed E-state index contributed by atoms with van der Waals surface area (Å²) in [5, 5.41) is 2.91. The quantitative estimate of drug-likeness (QED) is 0.605. The fourth-order valence-electron chi connectivity index (χ4n) is 2.73. The number of carbonyl (C=O) groups excluding carboxylic acids is 2. The lowest BCUT2D eigenvalue weighted by atomic mass is 10.1. The Morgan fingerprint density at radius 2 is 1.79 bits per heavy atom. The molecule has 0 fully saturated rings. The number of nitrogens with one attached hydrogen (secondary N) is 1. The second-order valence-electron chi connectivity index (χ2n) is 7.57. The van der Waals surface area contributed by atoms with Crippen LogP contribution < -0.4 is 10.1 Å². The van der Waals surface area contributed by atoms with Crippen molar-refractivity contribution in [2.75, 3.05) is 13.2 Å². The maximum Gasteiger partial charge on any atom is 0.261 e. The van der Waals surface area contributed by atoms with Gasteiger partial charge in [0.15, 0.2) is 6.61 Å². The van der Waals surface area contributed by atoms with Crippen LogP contribution in [0.5, 0.6) is 5.75 Å². The van der Waals surface area contributed by atoms with Gasteiger partial charge in [-0.15, -0.1) is 0 Å². The maximum atomic E-state index is 13.0. The molecule has 6 heteroatoms. The van der Waals surface area contributed by atoms with Crippen molar-refractivity contribution in [3.8, 4) is 5.75 Å². The van der Waals surface area contributed by atoms with Crippen LogP contribution in [0.25, 0.3) is 0 Å². The molecule has 5 nitrogen and oxygen atoms in total. The van der Waals surface area contributed by atoms with Gasteiger partial charge in [0, 0.05) is 17.6 Å². The third-order valence-corrected chi connectivity index (χ3v) is 4.97. The highest BCUT2D eigenvalue weighted by Crippen LogP contribution is 2.16. The highest BCUT2D eigenvalue weighted by Gasteiger charge is 2.26. The predicted octanol–water partition coefficient (Wildman–Crippen LogP) is 4.33. The summed E-state index contributed by atoms with van der Waals surface area (Å²) in [6.45, 7) is 8.58. The summed E-state index contributed by atoms with van der Waals surface area (Å²) in [4.78, 5) is 27.1. The monoisotopic (exact) mass is 460 g/mol. The van der Waals surface area contributed by atoms with Crippen molar-refractivity contribution in [3.05, 3.63) is 64.1 Å². The van der Waals surface area contributed by atoms with E-state index in [-0.39, 0.29) is 18.4 Å². The van der Waals surface area contributed by atoms with Crippen LogP contribution in [0.4, 0.5) is 0 Å². The average molecular weight is 461 g/mol. The van der Waals surface area contributed by atoms with E-state index in [4.69, 9.17) is 4.74 Å². The van der Waals surface area contributed by atoms with Crippen molar-refractivity contribution in [1.29, 1.82) is 0 Å². The van der Waals surface area contributed by atoms with Crippen LogP contribution in [0.15, 0.2) is 53.0 Å². The molecule has 156 valence electrons. The van der Waals surface area contributed by atoms with Crippen LogP contribution in [0, 0.1) is 12.8 Å². The zero-order valence-electron chi connectivity index (χ0n) is 17.4. The topological polar surface area (TPSA) is 58.6 Å². The zero-order chi connectivity index (χ0) is 21.4. The van der Waals surface area contributed by atoms with E-state index < -0.39 is 6.04 Å². The number of carbonyl (C=O) groups is 2. The molecular formula is C23H29BrN2O3. The van der Waals surface area contributed by atoms with E-state index in [1.165, 1.54) is 0 Å². The van der Waals surface area contributed by atoms with Crippen LogP contribution in [-0.2, 0) is 16.1 Å². The normalized spacial score (nSPS) is 11.8. The second-order valence-corrected chi connectivity index (χ2v) is 8.48. The molecule has 2 aromatic rings. The van der Waals surface area contributed by atoms with E-state index in [1.54, 1.807) is 11.8 Å². The standard InChI is InChI=1S/C23H29BrN2O3/c1-16(2)13-25-23(28)18(4)26(14-19-6-5-7-20(24)12-19)22(27)15-29-21-10-8-17(3)9-11-21/h5-12,16,18H,13-15H2,1-4H3,(H,25,28)/t18-/m0/s1. The van der Waals surface area contributed by atoms with Crippen LogP contribution in [0.1, 0.15) is 31.9 Å². The summed E-state index contributed by atoms with van der Waals surface area (Å²) >= 11 is 3.46. The summed E-state index contributed by atoms with van der Waals surface area (Å²) < 4.78 is 6.59. The van der Waals surface area contributed by atoms with Gasteiger partial charge in [-0.05, 0) is 49.6 Å². The Morgan fingerprint density at radius 1 is 1.10 bits per heavy atom. The van der Waals surface area contributed by atoms with Gasteiger partial charge in [-0.1, -0.05) is 59.6 Å². The lowest BCUT2D eigenvalue weighted by molar-refractivity contribution is -0.142. The average Bonchev–Trinajstić information content (AvgIpc) is 2.69. The minimum Gasteiger partial charge on any atom is -0.484 e. The number of rotatable bonds is 9. The van der Waals surface area contributed by atoms with Crippen LogP contribution in [-0.4, -0.2) is 35.9 Å². The van der Waals surface area contributed by atoms with Gasteiger partial charge in [-0.3, -0.25) is 9.59 Å². The highest BCUT2D eigenvalue weighted by atomic mass is 79.9. The molecule has 0 aliphatic rings. The van der Waals surface area contributed by atoms with Crippen LogP contribution >= 0.6 is 15.9 Å². The SMILES string of the molecule is Cc1ccc(OCC(=O)N(Cc2cccc(Br)c2)[C@@H](C)C(=O)NCC(C)C)cc1. The Morgan fingerprint density at radius 3 is 2.41 bits per heavy atom. The van der Waals surface area contributed by atoms with Gasteiger partial charge in [0.25, 0.3) is 5.91 Å². The van der Waals surface area contributed by atoms with E-state index in [0.717, 1.165) is 15.6 Å². The summed E-state index contributed by atoms with van der Waals surface area (Å²) in [6, 6.07) is 14.6. The fraction of sp³-hybridized carbons (Fsp3) is 0.391. The molecule has 0 saturated carbocycles. The number of ether oxygens (including phenoxy) is 1. The van der Waals surface area contributed by atoms with Crippen LogP contribution in [0.2, 0.25) is 0 Å². The van der Waals surface area contributed by atoms with Gasteiger partial charge in [0.2, 0.25) is 5.91 Å². The minimum absolute atomic E-state index is 0.126. The van der Waals surface area contributed by atoms with Crippen molar-refractivity contribution >= 4 is 27.7 Å². The number of amides is 2. The number of hydrogen-bond donors (Lipinski definition) is 1. The van der Waals surface area contributed by atoms with Gasteiger partial charge in [0.05, 0.1) is 0 Å². The lowest BCUT2D eigenvalue weighted by Gasteiger charge is -2.29. The first kappa shape index (κ1) is 22.9. The summed E-state index contributed by atoms with van der Waals surface area (Å²) in [5.74, 6) is 0.559. The molecule has 0 unspecified atom stereocenters. The third-order valence-electron chi connectivity index (χ3n) is 4.48. The Hall–Kier alpha value is -2.34. The molecule has 0 saturated heterocycles. The summed E-state index contributed by atoms with van der Waals surface area (Å²) in [7, 11) is 0. The molecule has 0 heterocycles. The van der Waals surface area contributed by atoms with E-state index in [9.17, 15) is 9.59 Å². The minimum atomic E-state index is -0.609. The van der Waals surface area contributed by atoms with Crippen molar-refractivity contribution in [3.63, 3.8) is 0 Å². The second kappa shape index (κ2) is 11.0. The van der Waals surface area contributed by atoms with Gasteiger partial charge < -0.3 is 15.0 Å². The van der Waals surface area contributed by atoms with Gasteiger partial charge in [-0.25, -0.2) is 0 Å². The van der Waals surface area contributed by atoms with E-state index in [2.05, 4.69) is 21.2 Å². The Balaban J connectivity index is 2.12. The molecule has 1 N–H and O–H groups in total. The van der Waals surface area contributed by atoms with Gasteiger partial charge in [-0.2, -0.15) is 0 Å². The first-order valence-corrected chi connectivity index (χ1v) is 10.6. The molecule has 1 atom stereocenters. The number of aryl methyl sites for hydroxylation is 1. The smallest absolute Gasteiger partial charge is 0.261 e. The molecule has 0 aliphatic carbocycles. The molecule has 0 radical (unpaired) electrons. The highest BCUT2D eigenvalue weighted by molar-refractivity contribution is 9.10. The lowest BCUT2D eigenvalue weighted by Crippen LogP contribution is -2.49. The van der Waals surface area contributed by atoms with Crippen molar-refractivity contribution in [2.24, 2.45) is 5.92 Å². The van der Waals surface area contributed by atoms with Crippen molar-refractivity contribution in [1.82, 2.24) is 10.2 Å². The molecule has 2 aromatic carbocycles. The predicted molar refractivity (Wildman–Crippen MR) is 119 cm³/mol. The fourth-order valence-corrected chi connectivity index (χ4v) is 3.18. The summed E-state index contributed by atoms with van der Waals surface area (Å²) in [6.07, 6.45) is 0. The number of benzene rings is 2. The van der Waals surface area contributed by atoms with Crippen LogP contribution in [0.3, 0.4) is 0 Å². The number of halogens is 1. The molecule has 0 spiro atoms. The zero-order valence-corrected chi connectivity index (χ0v) is 19.0. The Labute approximate surface area is 181 Å². The van der Waals surface area contributed by atoms with Gasteiger partial charge >= 0.3 is 0 Å². The molecule has 0 aromatic heterocycles. The van der Waals surface area contributed by atoms with E-state index >= 15 is 0 Å². The molecule has 2 rings (SSSR count). The first-order chi connectivity index (χ1) is 13.8. The number of nitrogens with zero attached hydrogens (tertiary/aromatic N) is 1. The molecular weight excluding hydrogens is 432 g/mol.